The van der Waals surface area contributed by atoms with Crippen LogP contribution in [-0.2, 0) is 15.7 Å². The van der Waals surface area contributed by atoms with Crippen LogP contribution in [0.4, 0.5) is 18.9 Å². The minimum absolute atomic E-state index is 0.0824. The Morgan fingerprint density at radius 3 is 2.46 bits per heavy atom. The predicted molar refractivity (Wildman–Crippen MR) is 91.3 cm³/mol. The summed E-state index contributed by atoms with van der Waals surface area (Å²) in [5.74, 6) is 0.229. The molecule has 5 nitrogen and oxygen atoms in total. The van der Waals surface area contributed by atoms with Crippen LogP contribution in [0.3, 0.4) is 0 Å². The number of anilines is 1. The third-order valence-electron chi connectivity index (χ3n) is 3.30. The van der Waals surface area contributed by atoms with Gasteiger partial charge in [0.2, 0.25) is 5.91 Å². The topological polar surface area (TPSA) is 59.6 Å². The fraction of sp³-hybridized carbons (Fsp3) is 0.278. The van der Waals surface area contributed by atoms with Crippen molar-refractivity contribution in [2.45, 2.75) is 6.18 Å². The van der Waals surface area contributed by atoms with Crippen LogP contribution in [0, 0.1) is 0 Å². The van der Waals surface area contributed by atoms with Gasteiger partial charge in [-0.05, 0) is 42.5 Å². The molecule has 0 saturated heterocycles. The third-order valence-corrected chi connectivity index (χ3v) is 3.30. The van der Waals surface area contributed by atoms with Gasteiger partial charge < -0.3 is 20.1 Å². The van der Waals surface area contributed by atoms with Gasteiger partial charge in [-0.15, -0.1) is 0 Å². The summed E-state index contributed by atoms with van der Waals surface area (Å²) >= 11 is 0. The van der Waals surface area contributed by atoms with Gasteiger partial charge in [-0.2, -0.15) is 13.2 Å². The number of nitrogens with one attached hydrogen (secondary N) is 2. The van der Waals surface area contributed by atoms with Gasteiger partial charge in [0, 0.05) is 19.3 Å². The van der Waals surface area contributed by atoms with Crippen molar-refractivity contribution < 1.29 is 27.4 Å². The number of benzene rings is 2. The molecule has 0 aliphatic heterocycles. The number of amides is 1. The maximum atomic E-state index is 12.7. The number of ether oxygens (including phenoxy) is 2. The van der Waals surface area contributed by atoms with E-state index in [1.807, 2.05) is 0 Å². The molecule has 0 fully saturated rings. The van der Waals surface area contributed by atoms with E-state index in [1.165, 1.54) is 12.1 Å². The van der Waals surface area contributed by atoms with E-state index < -0.39 is 11.7 Å². The Bertz CT molecular complexity index is 718. The van der Waals surface area contributed by atoms with Crippen molar-refractivity contribution in [1.29, 1.82) is 0 Å². The van der Waals surface area contributed by atoms with Gasteiger partial charge in [0.1, 0.15) is 11.5 Å². The highest BCUT2D eigenvalue weighted by Gasteiger charge is 2.30. The molecule has 1 amide bonds. The van der Waals surface area contributed by atoms with Crippen LogP contribution in [-0.4, -0.2) is 32.7 Å². The maximum absolute atomic E-state index is 12.7. The Balaban J connectivity index is 1.90. The second-order valence-electron chi connectivity index (χ2n) is 5.37. The summed E-state index contributed by atoms with van der Waals surface area (Å²) in [4.78, 5) is 11.7. The largest absolute Gasteiger partial charge is 0.457 e. The van der Waals surface area contributed by atoms with Crippen molar-refractivity contribution in [2.75, 3.05) is 32.1 Å². The molecular weight excluding hydrogens is 349 g/mol. The number of hydrogen-bond acceptors (Lipinski definition) is 4. The van der Waals surface area contributed by atoms with Gasteiger partial charge in [-0.3, -0.25) is 4.79 Å². The van der Waals surface area contributed by atoms with Crippen LogP contribution >= 0.6 is 0 Å². The fourth-order valence-corrected chi connectivity index (χ4v) is 2.06. The summed E-state index contributed by atoms with van der Waals surface area (Å²) in [5, 5.41) is 5.61. The van der Waals surface area contributed by atoms with E-state index in [0.717, 1.165) is 12.1 Å². The Labute approximate surface area is 149 Å². The molecule has 0 aliphatic rings. The number of halogens is 3. The summed E-state index contributed by atoms with van der Waals surface area (Å²) in [6.45, 7) is 1.22. The zero-order chi connectivity index (χ0) is 19.0. The van der Waals surface area contributed by atoms with Crippen molar-refractivity contribution >= 4 is 11.6 Å². The van der Waals surface area contributed by atoms with Gasteiger partial charge in [-0.25, -0.2) is 0 Å². The molecule has 8 heteroatoms. The van der Waals surface area contributed by atoms with Gasteiger partial charge in [0.15, 0.2) is 0 Å². The third kappa shape index (κ3) is 6.38. The summed E-state index contributed by atoms with van der Waals surface area (Å²) in [7, 11) is 1.57. The quantitative estimate of drug-likeness (QED) is 0.698. The molecule has 140 valence electrons. The summed E-state index contributed by atoms with van der Waals surface area (Å²) < 4.78 is 48.4. The molecule has 0 atom stereocenters. The van der Waals surface area contributed by atoms with E-state index in [1.54, 1.807) is 31.4 Å². The number of carbonyl (C=O) groups excluding carboxylic acids is 1. The molecule has 0 unspecified atom stereocenters. The van der Waals surface area contributed by atoms with Gasteiger partial charge >= 0.3 is 6.18 Å². The zero-order valence-corrected chi connectivity index (χ0v) is 14.1. The van der Waals surface area contributed by atoms with E-state index in [0.29, 0.717) is 24.6 Å². The molecule has 0 bridgehead atoms. The first-order chi connectivity index (χ1) is 12.4. The van der Waals surface area contributed by atoms with Crippen LogP contribution in [0.1, 0.15) is 5.56 Å². The van der Waals surface area contributed by atoms with Crippen molar-refractivity contribution in [3.05, 3.63) is 54.1 Å². The Kier molecular flexibility index (Phi) is 6.99. The highest BCUT2D eigenvalue weighted by atomic mass is 19.4. The molecule has 0 radical (unpaired) electrons. The average molecular weight is 368 g/mol. The molecule has 2 N–H and O–H groups in total. The standard InChI is InChI=1S/C18H19F3N2O3/c1-25-10-9-22-12-17(24)23-14-5-7-15(8-6-14)26-16-4-2-3-13(11-16)18(19,20)21/h2-8,11,22H,9-10,12H2,1H3,(H,23,24). The molecular formula is C18H19F3N2O3. The molecule has 0 heterocycles. The average Bonchev–Trinajstić information content (AvgIpc) is 2.60. The van der Waals surface area contributed by atoms with Crippen molar-refractivity contribution in [3.8, 4) is 11.5 Å². The monoisotopic (exact) mass is 368 g/mol. The van der Waals surface area contributed by atoms with Crippen LogP contribution in [0.5, 0.6) is 11.5 Å². The van der Waals surface area contributed by atoms with Crippen molar-refractivity contribution in [1.82, 2.24) is 5.32 Å². The number of hydrogen-bond donors (Lipinski definition) is 2. The van der Waals surface area contributed by atoms with Crippen LogP contribution in [0.25, 0.3) is 0 Å². The molecule has 2 aromatic carbocycles. The minimum atomic E-state index is -4.43. The van der Waals surface area contributed by atoms with Gasteiger partial charge in [0.05, 0.1) is 18.7 Å². The second kappa shape index (κ2) is 9.21. The Hall–Kier alpha value is -2.58. The normalized spacial score (nSPS) is 11.2. The first-order valence-corrected chi connectivity index (χ1v) is 7.83. The van der Waals surface area contributed by atoms with Gasteiger partial charge in [0.25, 0.3) is 0 Å². The van der Waals surface area contributed by atoms with Crippen molar-refractivity contribution in [3.63, 3.8) is 0 Å². The first kappa shape index (κ1) is 19.7. The predicted octanol–water partition coefficient (Wildman–Crippen LogP) is 3.67. The highest BCUT2D eigenvalue weighted by Crippen LogP contribution is 2.32. The lowest BCUT2D eigenvalue weighted by Crippen LogP contribution is -2.30. The second-order valence-corrected chi connectivity index (χ2v) is 5.37. The first-order valence-electron chi connectivity index (χ1n) is 7.83. The molecule has 0 aliphatic carbocycles. The number of methoxy groups -OCH3 is 1. The van der Waals surface area contributed by atoms with E-state index >= 15 is 0 Å². The molecule has 0 aromatic heterocycles. The minimum Gasteiger partial charge on any atom is -0.457 e. The lowest BCUT2D eigenvalue weighted by molar-refractivity contribution is -0.137. The lowest BCUT2D eigenvalue weighted by atomic mass is 10.2. The maximum Gasteiger partial charge on any atom is 0.416 e. The summed E-state index contributed by atoms with van der Waals surface area (Å²) in [6.07, 6.45) is -4.43. The zero-order valence-electron chi connectivity index (χ0n) is 14.1. The fourth-order valence-electron chi connectivity index (χ4n) is 2.06. The summed E-state index contributed by atoms with van der Waals surface area (Å²) in [6, 6.07) is 11.0. The van der Waals surface area contributed by atoms with E-state index in [-0.39, 0.29) is 18.2 Å². The molecule has 0 spiro atoms. The molecule has 2 rings (SSSR count). The number of carbonyl (C=O) groups is 1. The SMILES string of the molecule is COCCNCC(=O)Nc1ccc(Oc2cccc(C(F)(F)F)c2)cc1. The number of rotatable bonds is 8. The number of alkyl halides is 3. The Morgan fingerprint density at radius 2 is 1.81 bits per heavy atom. The van der Waals surface area contributed by atoms with E-state index in [9.17, 15) is 18.0 Å². The van der Waals surface area contributed by atoms with Gasteiger partial charge in [-0.1, -0.05) is 6.07 Å². The van der Waals surface area contributed by atoms with E-state index in [4.69, 9.17) is 9.47 Å². The van der Waals surface area contributed by atoms with Crippen LogP contribution in [0.15, 0.2) is 48.5 Å². The highest BCUT2D eigenvalue weighted by molar-refractivity contribution is 5.92. The smallest absolute Gasteiger partial charge is 0.416 e. The molecule has 0 saturated carbocycles. The van der Waals surface area contributed by atoms with Crippen LogP contribution in [0.2, 0.25) is 0 Å². The van der Waals surface area contributed by atoms with Crippen molar-refractivity contribution in [2.24, 2.45) is 0 Å². The van der Waals surface area contributed by atoms with E-state index in [2.05, 4.69) is 10.6 Å². The lowest BCUT2D eigenvalue weighted by Gasteiger charge is -2.11. The molecule has 26 heavy (non-hydrogen) atoms. The van der Waals surface area contributed by atoms with Crippen LogP contribution < -0.4 is 15.4 Å². The summed E-state index contributed by atoms with van der Waals surface area (Å²) in [5.41, 5.74) is -0.222. The molecule has 2 aromatic rings. The Morgan fingerprint density at radius 1 is 1.08 bits per heavy atom.